The smallest absolute Gasteiger partial charge is 0.228 e. The number of ether oxygens (including phenoxy) is 1. The van der Waals surface area contributed by atoms with Crippen molar-refractivity contribution in [3.05, 3.63) is 72.6 Å². The minimum atomic E-state index is -3.95. The van der Waals surface area contributed by atoms with E-state index < -0.39 is 21.8 Å². The highest BCUT2D eigenvalue weighted by atomic mass is 32.2. The van der Waals surface area contributed by atoms with Crippen molar-refractivity contribution in [1.82, 2.24) is 4.98 Å². The van der Waals surface area contributed by atoms with Crippen LogP contribution in [0.5, 0.6) is 0 Å². The van der Waals surface area contributed by atoms with Gasteiger partial charge < -0.3 is 9.15 Å². The van der Waals surface area contributed by atoms with Crippen LogP contribution >= 0.6 is 0 Å². The first-order valence-electron chi connectivity index (χ1n) is 7.78. The molecule has 0 amide bonds. The second-order valence-corrected chi connectivity index (χ2v) is 7.55. The van der Waals surface area contributed by atoms with Crippen LogP contribution < -0.4 is 0 Å². The van der Waals surface area contributed by atoms with Crippen molar-refractivity contribution in [3.8, 4) is 11.5 Å². The Kier molecular flexibility index (Phi) is 4.93. The van der Waals surface area contributed by atoms with Gasteiger partial charge in [0.2, 0.25) is 20.8 Å². The molecule has 0 aliphatic rings. The topological polar surface area (TPSA) is 69.4 Å². The number of halogens is 1. The third-order valence-electron chi connectivity index (χ3n) is 3.94. The summed E-state index contributed by atoms with van der Waals surface area (Å²) in [5.74, 6) is -0.511. The Hall–Kier alpha value is -2.51. The van der Waals surface area contributed by atoms with Crippen molar-refractivity contribution in [1.29, 1.82) is 0 Å². The lowest BCUT2D eigenvalue weighted by atomic mass is 10.1. The van der Waals surface area contributed by atoms with E-state index in [0.29, 0.717) is 11.1 Å². The Morgan fingerprint density at radius 2 is 1.88 bits per heavy atom. The van der Waals surface area contributed by atoms with E-state index in [4.69, 9.17) is 9.15 Å². The average Bonchev–Trinajstić information content (AvgIpc) is 3.10. The predicted octanol–water partition coefficient (Wildman–Crippen LogP) is 4.14. The first-order valence-corrected chi connectivity index (χ1v) is 9.26. The maximum Gasteiger partial charge on any atom is 0.228 e. The maximum atomic E-state index is 13.6. The van der Waals surface area contributed by atoms with Crippen molar-refractivity contribution in [2.24, 2.45) is 0 Å². The fraction of sp³-hybridized carbons (Fsp3) is 0.158. The molecule has 5 nitrogen and oxygen atoms in total. The number of sulfone groups is 1. The Labute approximate surface area is 151 Å². The zero-order chi connectivity index (χ0) is 18.9. The number of hydrogen-bond donors (Lipinski definition) is 0. The number of aromatic nitrogens is 1. The average molecular weight is 374 g/mol. The van der Waals surface area contributed by atoms with Crippen LogP contribution in [0.4, 0.5) is 4.39 Å². The van der Waals surface area contributed by atoms with Crippen LogP contribution in [0, 0.1) is 19.7 Å². The Morgan fingerprint density at radius 3 is 2.54 bits per heavy atom. The molecule has 0 fully saturated rings. The van der Waals surface area contributed by atoms with E-state index in [-0.39, 0.29) is 21.6 Å². The molecule has 2 aromatic carbocycles. The van der Waals surface area contributed by atoms with Crippen molar-refractivity contribution in [2.75, 3.05) is 7.11 Å². The Bertz CT molecular complexity index is 1030. The Morgan fingerprint density at radius 1 is 1.19 bits per heavy atom. The summed E-state index contributed by atoms with van der Waals surface area (Å²) in [4.78, 5) is 4.23. The van der Waals surface area contributed by atoms with Gasteiger partial charge in [-0.05, 0) is 43.7 Å². The number of oxazole rings is 1. The lowest BCUT2D eigenvalue weighted by Gasteiger charge is -2.08. The summed E-state index contributed by atoms with van der Waals surface area (Å²) in [6.45, 7) is 5.50. The SMILES string of the molecule is [CH2]C(OC)c1oc(-c2cc(F)ccc2C)nc1S(=O)(=O)c1ccccc1. The number of aryl methyl sites for hydroxylation is 1. The minimum Gasteiger partial charge on any atom is -0.437 e. The molecule has 0 saturated heterocycles. The first kappa shape index (κ1) is 18.3. The lowest BCUT2D eigenvalue weighted by Crippen LogP contribution is -2.08. The monoisotopic (exact) mass is 374 g/mol. The van der Waals surface area contributed by atoms with Crippen LogP contribution in [0.1, 0.15) is 17.4 Å². The minimum absolute atomic E-state index is 0.00259. The fourth-order valence-corrected chi connectivity index (χ4v) is 3.85. The maximum absolute atomic E-state index is 13.6. The standard InChI is InChI=1S/C19H17FNO4S/c1-12-9-10-14(20)11-16(12)18-21-19(17(25-18)13(2)24-3)26(22,23)15-7-5-4-6-8-15/h4-11,13H,2H2,1,3H3. The number of benzene rings is 2. The van der Waals surface area contributed by atoms with E-state index >= 15 is 0 Å². The van der Waals surface area contributed by atoms with Crippen molar-refractivity contribution in [2.45, 2.75) is 22.9 Å². The highest BCUT2D eigenvalue weighted by Crippen LogP contribution is 2.34. The van der Waals surface area contributed by atoms with E-state index in [1.54, 1.807) is 31.2 Å². The van der Waals surface area contributed by atoms with Gasteiger partial charge in [-0.2, -0.15) is 4.98 Å². The largest absolute Gasteiger partial charge is 0.437 e. The van der Waals surface area contributed by atoms with Gasteiger partial charge >= 0.3 is 0 Å². The number of hydrogen-bond acceptors (Lipinski definition) is 5. The third kappa shape index (κ3) is 3.27. The normalized spacial score (nSPS) is 12.9. The van der Waals surface area contributed by atoms with Crippen LogP contribution in [0.3, 0.4) is 0 Å². The molecule has 0 N–H and O–H groups in total. The molecule has 1 heterocycles. The lowest BCUT2D eigenvalue weighted by molar-refractivity contribution is 0.118. The van der Waals surface area contributed by atoms with E-state index in [1.807, 2.05) is 0 Å². The van der Waals surface area contributed by atoms with Crippen LogP contribution in [0.2, 0.25) is 0 Å². The summed E-state index contributed by atoms with van der Waals surface area (Å²) < 4.78 is 50.4. The zero-order valence-corrected chi connectivity index (χ0v) is 15.1. The summed E-state index contributed by atoms with van der Waals surface area (Å²) in [7, 11) is -2.57. The van der Waals surface area contributed by atoms with E-state index in [9.17, 15) is 12.8 Å². The van der Waals surface area contributed by atoms with Crippen LogP contribution in [0.15, 0.2) is 62.9 Å². The van der Waals surface area contributed by atoms with Gasteiger partial charge in [0.25, 0.3) is 0 Å². The van der Waals surface area contributed by atoms with Gasteiger partial charge in [0.15, 0.2) is 5.76 Å². The second kappa shape index (κ2) is 7.01. The molecule has 135 valence electrons. The second-order valence-electron chi connectivity index (χ2n) is 5.69. The zero-order valence-electron chi connectivity index (χ0n) is 14.3. The van der Waals surface area contributed by atoms with Gasteiger partial charge in [0.05, 0.1) is 4.90 Å². The predicted molar refractivity (Wildman–Crippen MR) is 93.6 cm³/mol. The molecule has 0 bridgehead atoms. The molecular weight excluding hydrogens is 357 g/mol. The molecule has 1 unspecified atom stereocenters. The van der Waals surface area contributed by atoms with Gasteiger partial charge in [-0.25, -0.2) is 12.8 Å². The fourth-order valence-electron chi connectivity index (χ4n) is 2.47. The number of rotatable bonds is 5. The molecule has 26 heavy (non-hydrogen) atoms. The highest BCUT2D eigenvalue weighted by Gasteiger charge is 2.31. The van der Waals surface area contributed by atoms with Gasteiger partial charge in [-0.1, -0.05) is 24.3 Å². The molecule has 0 saturated carbocycles. The van der Waals surface area contributed by atoms with E-state index in [0.717, 1.165) is 0 Å². The third-order valence-corrected chi connectivity index (χ3v) is 5.63. The molecule has 1 radical (unpaired) electrons. The molecule has 0 spiro atoms. The summed E-state index contributed by atoms with van der Waals surface area (Å²) in [6, 6.07) is 12.0. The number of nitrogens with zero attached hydrogens (tertiary/aromatic N) is 1. The summed E-state index contributed by atoms with van der Waals surface area (Å²) in [5.41, 5.74) is 1.06. The summed E-state index contributed by atoms with van der Waals surface area (Å²) in [6.07, 6.45) is -0.890. The van der Waals surface area contributed by atoms with E-state index in [2.05, 4.69) is 11.9 Å². The quantitative estimate of drug-likeness (QED) is 0.671. The Balaban J connectivity index is 2.22. The van der Waals surface area contributed by atoms with Crippen molar-refractivity contribution >= 4 is 9.84 Å². The molecule has 1 atom stereocenters. The van der Waals surface area contributed by atoms with Crippen molar-refractivity contribution in [3.63, 3.8) is 0 Å². The summed E-state index contributed by atoms with van der Waals surface area (Å²) in [5, 5.41) is -0.288. The van der Waals surface area contributed by atoms with Gasteiger partial charge in [0, 0.05) is 12.7 Å². The molecule has 3 aromatic rings. The van der Waals surface area contributed by atoms with Crippen molar-refractivity contribution < 1.29 is 22.0 Å². The van der Waals surface area contributed by atoms with E-state index in [1.165, 1.54) is 31.4 Å². The van der Waals surface area contributed by atoms with Crippen LogP contribution in [-0.4, -0.2) is 20.5 Å². The number of methoxy groups -OCH3 is 1. The highest BCUT2D eigenvalue weighted by molar-refractivity contribution is 7.91. The molecule has 0 aliphatic carbocycles. The molecule has 7 heteroatoms. The first-order chi connectivity index (χ1) is 12.3. The van der Waals surface area contributed by atoms with Crippen LogP contribution in [0.25, 0.3) is 11.5 Å². The van der Waals surface area contributed by atoms with Gasteiger partial charge in [0.1, 0.15) is 11.9 Å². The molecule has 0 aliphatic heterocycles. The van der Waals surface area contributed by atoms with Crippen LogP contribution in [-0.2, 0) is 14.6 Å². The molecular formula is C19H17FNO4S. The summed E-state index contributed by atoms with van der Waals surface area (Å²) >= 11 is 0. The molecule has 3 rings (SSSR count). The van der Waals surface area contributed by atoms with Gasteiger partial charge in [-0.15, -0.1) is 0 Å². The van der Waals surface area contributed by atoms with Gasteiger partial charge in [-0.3, -0.25) is 0 Å². The molecule has 1 aromatic heterocycles.